The molecule has 0 bridgehead atoms. The van der Waals surface area contributed by atoms with Crippen molar-refractivity contribution in [3.05, 3.63) is 16.6 Å². The molecule has 0 aliphatic heterocycles. The largest absolute Gasteiger partial charge is 0.480 e. The summed E-state index contributed by atoms with van der Waals surface area (Å²) in [6, 6.07) is -1.78. The van der Waals surface area contributed by atoms with Crippen LogP contribution in [-0.4, -0.2) is 41.2 Å². The number of carboxylic acids is 1. The number of carbonyl (C=O) groups excluding carboxylic acids is 2. The van der Waals surface area contributed by atoms with Gasteiger partial charge in [0, 0.05) is 18.0 Å². The van der Waals surface area contributed by atoms with Gasteiger partial charge in [-0.3, -0.25) is 4.79 Å². The van der Waals surface area contributed by atoms with Crippen LogP contribution in [0.15, 0.2) is 11.6 Å². The van der Waals surface area contributed by atoms with Crippen molar-refractivity contribution in [2.24, 2.45) is 0 Å². The van der Waals surface area contributed by atoms with Crippen molar-refractivity contribution in [1.82, 2.24) is 15.6 Å². The van der Waals surface area contributed by atoms with Crippen LogP contribution >= 0.6 is 11.3 Å². The fourth-order valence-corrected chi connectivity index (χ4v) is 1.88. The number of rotatable bonds is 7. The van der Waals surface area contributed by atoms with Crippen molar-refractivity contribution < 1.29 is 24.2 Å². The molecule has 0 saturated carbocycles. The van der Waals surface area contributed by atoms with E-state index in [1.807, 2.05) is 0 Å². The Bertz CT molecular complexity index is 463. The topological polar surface area (TPSA) is 118 Å². The van der Waals surface area contributed by atoms with Crippen LogP contribution in [0.3, 0.4) is 0 Å². The summed E-state index contributed by atoms with van der Waals surface area (Å²) in [7, 11) is 1.21. The number of nitrogens with zero attached hydrogens (tertiary/aromatic N) is 1. The van der Waals surface area contributed by atoms with E-state index in [1.54, 1.807) is 11.6 Å². The van der Waals surface area contributed by atoms with Gasteiger partial charge in [-0.05, 0) is 6.42 Å². The van der Waals surface area contributed by atoms with Gasteiger partial charge in [-0.1, -0.05) is 0 Å². The number of hydrogen-bond donors (Lipinski definition) is 3. The lowest BCUT2D eigenvalue weighted by Gasteiger charge is -2.14. The fourth-order valence-electron chi connectivity index (χ4n) is 1.33. The second-order valence-electron chi connectivity index (χ2n) is 3.76. The summed E-state index contributed by atoms with van der Waals surface area (Å²) in [6.07, 6.45) is 1.49. The Hall–Kier alpha value is -2.16. The highest BCUT2D eigenvalue weighted by Crippen LogP contribution is 2.03. The number of esters is 1. The smallest absolute Gasteiger partial charge is 0.326 e. The standard InChI is InChI=1S/C11H15N3O5S/c1-19-9(15)3-2-7(10(16)17)14-11(18)13-6-8-12-4-5-20-8/h4-5,7H,2-3,6H2,1H3,(H,16,17)(H2,13,14,18)/t7-/m1/s1. The molecule has 0 spiro atoms. The van der Waals surface area contributed by atoms with E-state index in [9.17, 15) is 14.4 Å². The van der Waals surface area contributed by atoms with Crippen molar-refractivity contribution in [2.45, 2.75) is 25.4 Å². The Morgan fingerprint density at radius 1 is 1.50 bits per heavy atom. The minimum atomic E-state index is -1.21. The second kappa shape index (κ2) is 8.10. The SMILES string of the molecule is COC(=O)CC[C@@H](NC(=O)NCc1nccs1)C(=O)O. The number of urea groups is 1. The summed E-state index contributed by atoms with van der Waals surface area (Å²) in [5.74, 6) is -1.74. The number of methoxy groups -OCH3 is 1. The lowest BCUT2D eigenvalue weighted by atomic mass is 10.1. The minimum Gasteiger partial charge on any atom is -0.480 e. The van der Waals surface area contributed by atoms with Gasteiger partial charge in [0.25, 0.3) is 0 Å². The highest BCUT2D eigenvalue weighted by molar-refractivity contribution is 7.09. The molecule has 0 aromatic carbocycles. The number of ether oxygens (including phenoxy) is 1. The Kier molecular flexibility index (Phi) is 6.44. The zero-order valence-electron chi connectivity index (χ0n) is 10.8. The molecule has 0 saturated heterocycles. The first-order valence-electron chi connectivity index (χ1n) is 5.75. The lowest BCUT2D eigenvalue weighted by Crippen LogP contribution is -2.46. The quantitative estimate of drug-likeness (QED) is 0.625. The molecule has 0 aliphatic rings. The van der Waals surface area contributed by atoms with Crippen LogP contribution in [0.4, 0.5) is 4.79 Å². The molecule has 20 heavy (non-hydrogen) atoms. The number of carboxylic acid groups (broad SMARTS) is 1. The summed E-state index contributed by atoms with van der Waals surface area (Å²) in [5.41, 5.74) is 0. The second-order valence-corrected chi connectivity index (χ2v) is 4.74. The Labute approximate surface area is 119 Å². The van der Waals surface area contributed by atoms with Crippen LogP contribution in [0.1, 0.15) is 17.8 Å². The number of amides is 2. The third-order valence-electron chi connectivity index (χ3n) is 2.35. The molecule has 9 heteroatoms. The minimum absolute atomic E-state index is 0.0350. The summed E-state index contributed by atoms with van der Waals surface area (Å²) >= 11 is 1.38. The van der Waals surface area contributed by atoms with Gasteiger partial charge >= 0.3 is 18.0 Å². The summed E-state index contributed by atoms with van der Waals surface area (Å²) in [6.45, 7) is 0.215. The van der Waals surface area contributed by atoms with E-state index < -0.39 is 24.0 Å². The molecule has 0 radical (unpaired) electrons. The van der Waals surface area contributed by atoms with Gasteiger partial charge in [0.05, 0.1) is 13.7 Å². The Balaban J connectivity index is 2.38. The maximum Gasteiger partial charge on any atom is 0.326 e. The molecule has 110 valence electrons. The molecular formula is C11H15N3O5S. The first-order valence-corrected chi connectivity index (χ1v) is 6.63. The molecule has 1 heterocycles. The molecule has 1 atom stereocenters. The van der Waals surface area contributed by atoms with Gasteiger partial charge in [0.15, 0.2) is 0 Å². The Morgan fingerprint density at radius 3 is 2.80 bits per heavy atom. The number of thiazole rings is 1. The van der Waals surface area contributed by atoms with Crippen LogP contribution in [0, 0.1) is 0 Å². The van der Waals surface area contributed by atoms with Crippen LogP contribution in [0.2, 0.25) is 0 Å². The predicted octanol–water partition coefficient (Wildman–Crippen LogP) is 0.349. The first kappa shape index (κ1) is 15.9. The van der Waals surface area contributed by atoms with Crippen LogP contribution < -0.4 is 10.6 Å². The average molecular weight is 301 g/mol. The summed E-state index contributed by atoms with van der Waals surface area (Å²) in [4.78, 5) is 37.4. The molecular weight excluding hydrogens is 286 g/mol. The zero-order chi connectivity index (χ0) is 15.0. The number of carbonyl (C=O) groups is 3. The fraction of sp³-hybridized carbons (Fsp3) is 0.455. The summed E-state index contributed by atoms with van der Waals surface area (Å²) in [5, 5.41) is 16.2. The predicted molar refractivity (Wildman–Crippen MR) is 70.2 cm³/mol. The molecule has 0 unspecified atom stereocenters. The van der Waals surface area contributed by atoms with E-state index >= 15 is 0 Å². The van der Waals surface area contributed by atoms with Gasteiger partial charge in [0.2, 0.25) is 0 Å². The first-order chi connectivity index (χ1) is 9.52. The molecule has 3 N–H and O–H groups in total. The van der Waals surface area contributed by atoms with Gasteiger partial charge < -0.3 is 20.5 Å². The molecule has 2 amide bonds. The van der Waals surface area contributed by atoms with Crippen molar-refractivity contribution >= 4 is 29.3 Å². The molecule has 8 nitrogen and oxygen atoms in total. The monoisotopic (exact) mass is 301 g/mol. The number of hydrogen-bond acceptors (Lipinski definition) is 6. The van der Waals surface area contributed by atoms with E-state index in [1.165, 1.54) is 18.4 Å². The van der Waals surface area contributed by atoms with Crippen LogP contribution in [0.25, 0.3) is 0 Å². The molecule has 1 aromatic rings. The van der Waals surface area contributed by atoms with Gasteiger partial charge in [-0.15, -0.1) is 11.3 Å². The van der Waals surface area contributed by atoms with E-state index in [0.29, 0.717) is 5.01 Å². The highest BCUT2D eigenvalue weighted by atomic mass is 32.1. The van der Waals surface area contributed by atoms with Crippen LogP contribution in [-0.2, 0) is 20.9 Å². The molecule has 1 rings (SSSR count). The van der Waals surface area contributed by atoms with Crippen LogP contribution in [0.5, 0.6) is 0 Å². The third-order valence-corrected chi connectivity index (χ3v) is 3.13. The highest BCUT2D eigenvalue weighted by Gasteiger charge is 2.21. The Morgan fingerprint density at radius 2 is 2.25 bits per heavy atom. The average Bonchev–Trinajstić information content (AvgIpc) is 2.93. The number of nitrogens with one attached hydrogen (secondary N) is 2. The van der Waals surface area contributed by atoms with Gasteiger partial charge in [-0.25, -0.2) is 14.6 Å². The van der Waals surface area contributed by atoms with E-state index in [4.69, 9.17) is 5.11 Å². The molecule has 0 aliphatic carbocycles. The number of aliphatic carboxylic acids is 1. The van der Waals surface area contributed by atoms with Gasteiger partial charge in [0.1, 0.15) is 11.0 Å². The normalized spacial score (nSPS) is 11.4. The molecule has 1 aromatic heterocycles. The maximum absolute atomic E-state index is 11.5. The zero-order valence-corrected chi connectivity index (χ0v) is 11.6. The van der Waals surface area contributed by atoms with Crippen molar-refractivity contribution in [3.8, 4) is 0 Å². The lowest BCUT2D eigenvalue weighted by molar-refractivity contribution is -0.142. The van der Waals surface area contributed by atoms with Crippen molar-refractivity contribution in [1.29, 1.82) is 0 Å². The van der Waals surface area contributed by atoms with Crippen molar-refractivity contribution in [3.63, 3.8) is 0 Å². The van der Waals surface area contributed by atoms with E-state index in [-0.39, 0.29) is 19.4 Å². The molecule has 0 fully saturated rings. The third kappa shape index (κ3) is 5.65. The van der Waals surface area contributed by atoms with Crippen molar-refractivity contribution in [2.75, 3.05) is 7.11 Å². The number of aromatic nitrogens is 1. The van der Waals surface area contributed by atoms with E-state index in [0.717, 1.165) is 0 Å². The van der Waals surface area contributed by atoms with E-state index in [2.05, 4.69) is 20.4 Å². The summed E-state index contributed by atoms with van der Waals surface area (Å²) < 4.78 is 4.41. The maximum atomic E-state index is 11.5. The van der Waals surface area contributed by atoms with Gasteiger partial charge in [-0.2, -0.15) is 0 Å².